The predicted molar refractivity (Wildman–Crippen MR) is 53.7 cm³/mol. The Morgan fingerprint density at radius 2 is 1.86 bits per heavy atom. The Morgan fingerprint density at radius 1 is 1.36 bits per heavy atom. The lowest BCUT2D eigenvalue weighted by Crippen LogP contribution is -2.45. The van der Waals surface area contributed by atoms with Crippen LogP contribution in [0.5, 0.6) is 0 Å². The molecule has 0 spiro atoms. The van der Waals surface area contributed by atoms with Gasteiger partial charge in [-0.2, -0.15) is 0 Å². The van der Waals surface area contributed by atoms with Gasteiger partial charge in [-0.1, -0.05) is 27.7 Å². The van der Waals surface area contributed by atoms with Gasteiger partial charge in [-0.05, 0) is 6.42 Å². The second-order valence-electron chi connectivity index (χ2n) is 4.21. The molecule has 1 unspecified atom stereocenters. The van der Waals surface area contributed by atoms with Crippen LogP contribution in [0.15, 0.2) is 0 Å². The summed E-state index contributed by atoms with van der Waals surface area (Å²) < 4.78 is 4.56. The van der Waals surface area contributed by atoms with Crippen molar-refractivity contribution in [3.63, 3.8) is 0 Å². The van der Waals surface area contributed by atoms with E-state index in [4.69, 9.17) is 0 Å². The van der Waals surface area contributed by atoms with E-state index in [9.17, 15) is 9.59 Å². The normalized spacial score (nSPS) is 13.2. The zero-order valence-corrected chi connectivity index (χ0v) is 9.51. The Labute approximate surface area is 85.0 Å². The number of rotatable bonds is 3. The molecule has 0 saturated carbocycles. The van der Waals surface area contributed by atoms with Gasteiger partial charge in [0.05, 0.1) is 7.11 Å². The molecule has 0 heterocycles. The fourth-order valence-electron chi connectivity index (χ4n) is 0.845. The molecule has 0 bridgehead atoms. The maximum Gasteiger partial charge on any atom is 0.328 e. The van der Waals surface area contributed by atoms with Crippen molar-refractivity contribution in [2.24, 2.45) is 5.41 Å². The topological polar surface area (TPSA) is 55.4 Å². The quantitative estimate of drug-likeness (QED) is 0.696. The molecule has 0 aromatic heterocycles. The molecule has 0 fully saturated rings. The number of hydrogen-bond acceptors (Lipinski definition) is 3. The standard InChI is InChI=1S/C10H19NO3/c1-6-7(8(12)14-5)11-9(13)10(2,3)4/h7H,6H2,1-5H3,(H,11,13). The average Bonchev–Trinajstić information content (AvgIpc) is 2.10. The minimum Gasteiger partial charge on any atom is -0.467 e. The fourth-order valence-corrected chi connectivity index (χ4v) is 0.845. The van der Waals surface area contributed by atoms with Crippen molar-refractivity contribution in [3.8, 4) is 0 Å². The maximum atomic E-state index is 11.5. The van der Waals surface area contributed by atoms with E-state index in [2.05, 4.69) is 10.1 Å². The number of nitrogens with one attached hydrogen (secondary N) is 1. The van der Waals surface area contributed by atoms with Crippen molar-refractivity contribution in [1.82, 2.24) is 5.32 Å². The third kappa shape index (κ3) is 3.77. The molecule has 14 heavy (non-hydrogen) atoms. The van der Waals surface area contributed by atoms with Crippen molar-refractivity contribution in [2.75, 3.05) is 7.11 Å². The van der Waals surface area contributed by atoms with Crippen molar-refractivity contribution in [3.05, 3.63) is 0 Å². The van der Waals surface area contributed by atoms with Crippen LogP contribution in [0.3, 0.4) is 0 Å². The molecule has 0 saturated heterocycles. The lowest BCUT2D eigenvalue weighted by atomic mass is 9.95. The van der Waals surface area contributed by atoms with Gasteiger partial charge in [0.1, 0.15) is 6.04 Å². The van der Waals surface area contributed by atoms with E-state index in [1.54, 1.807) is 20.8 Å². The predicted octanol–water partition coefficient (Wildman–Crippen LogP) is 1.10. The first kappa shape index (κ1) is 12.9. The molecule has 0 aliphatic rings. The lowest BCUT2D eigenvalue weighted by molar-refractivity contribution is -0.146. The highest BCUT2D eigenvalue weighted by Crippen LogP contribution is 2.13. The molecule has 82 valence electrons. The lowest BCUT2D eigenvalue weighted by Gasteiger charge is -2.21. The third-order valence-corrected chi connectivity index (χ3v) is 1.88. The highest BCUT2D eigenvalue weighted by Gasteiger charge is 2.26. The summed E-state index contributed by atoms with van der Waals surface area (Å²) in [5, 5.41) is 2.64. The summed E-state index contributed by atoms with van der Waals surface area (Å²) in [4.78, 5) is 22.7. The maximum absolute atomic E-state index is 11.5. The third-order valence-electron chi connectivity index (χ3n) is 1.88. The molecule has 0 aliphatic heterocycles. The summed E-state index contributed by atoms with van der Waals surface area (Å²) in [5.41, 5.74) is -0.485. The smallest absolute Gasteiger partial charge is 0.328 e. The molecular formula is C10H19NO3. The summed E-state index contributed by atoms with van der Waals surface area (Å²) >= 11 is 0. The van der Waals surface area contributed by atoms with E-state index in [-0.39, 0.29) is 5.91 Å². The van der Waals surface area contributed by atoms with Gasteiger partial charge in [0.15, 0.2) is 0 Å². The molecular weight excluding hydrogens is 182 g/mol. The number of hydrogen-bond donors (Lipinski definition) is 1. The van der Waals surface area contributed by atoms with Crippen LogP contribution < -0.4 is 5.32 Å². The molecule has 1 amide bonds. The monoisotopic (exact) mass is 201 g/mol. The highest BCUT2D eigenvalue weighted by atomic mass is 16.5. The Balaban J connectivity index is 4.34. The Kier molecular flexibility index (Phi) is 4.60. The molecule has 0 aromatic carbocycles. The minimum absolute atomic E-state index is 0.144. The van der Waals surface area contributed by atoms with Crippen molar-refractivity contribution >= 4 is 11.9 Å². The van der Waals surface area contributed by atoms with E-state index in [0.29, 0.717) is 6.42 Å². The van der Waals surface area contributed by atoms with Crippen LogP contribution in [-0.2, 0) is 14.3 Å². The van der Waals surface area contributed by atoms with Crippen molar-refractivity contribution in [2.45, 2.75) is 40.2 Å². The molecule has 1 atom stereocenters. The minimum atomic E-state index is -0.535. The van der Waals surface area contributed by atoms with E-state index in [1.807, 2.05) is 6.92 Å². The number of ether oxygens (including phenoxy) is 1. The zero-order valence-electron chi connectivity index (χ0n) is 9.51. The molecule has 0 rings (SSSR count). The Bertz CT molecular complexity index is 218. The van der Waals surface area contributed by atoms with Crippen LogP contribution in [0.2, 0.25) is 0 Å². The number of carbonyl (C=O) groups is 2. The van der Waals surface area contributed by atoms with E-state index >= 15 is 0 Å². The van der Waals surface area contributed by atoms with Crippen LogP contribution in [0.4, 0.5) is 0 Å². The van der Waals surface area contributed by atoms with Gasteiger partial charge in [-0.25, -0.2) is 4.79 Å². The summed E-state index contributed by atoms with van der Waals surface area (Å²) in [6.45, 7) is 7.22. The summed E-state index contributed by atoms with van der Waals surface area (Å²) in [6, 6.07) is -0.535. The second kappa shape index (κ2) is 4.98. The Hall–Kier alpha value is -1.06. The van der Waals surface area contributed by atoms with Crippen LogP contribution in [0, 0.1) is 5.41 Å². The van der Waals surface area contributed by atoms with Gasteiger partial charge >= 0.3 is 5.97 Å². The van der Waals surface area contributed by atoms with E-state index in [0.717, 1.165) is 0 Å². The number of amides is 1. The van der Waals surface area contributed by atoms with Crippen LogP contribution in [0.25, 0.3) is 0 Å². The molecule has 4 heteroatoms. The molecule has 0 aromatic rings. The molecule has 4 nitrogen and oxygen atoms in total. The number of carbonyl (C=O) groups excluding carboxylic acids is 2. The van der Waals surface area contributed by atoms with Gasteiger partial charge < -0.3 is 10.1 Å². The number of esters is 1. The Morgan fingerprint density at radius 3 is 2.14 bits per heavy atom. The van der Waals surface area contributed by atoms with Crippen LogP contribution in [0.1, 0.15) is 34.1 Å². The van der Waals surface area contributed by atoms with E-state index in [1.165, 1.54) is 7.11 Å². The van der Waals surface area contributed by atoms with Gasteiger partial charge in [0.25, 0.3) is 0 Å². The second-order valence-corrected chi connectivity index (χ2v) is 4.21. The first-order valence-electron chi connectivity index (χ1n) is 4.71. The van der Waals surface area contributed by atoms with Crippen molar-refractivity contribution < 1.29 is 14.3 Å². The molecule has 1 N–H and O–H groups in total. The highest BCUT2D eigenvalue weighted by molar-refractivity contribution is 5.87. The van der Waals surface area contributed by atoms with E-state index < -0.39 is 17.4 Å². The molecule has 0 aliphatic carbocycles. The van der Waals surface area contributed by atoms with Gasteiger partial charge in [0.2, 0.25) is 5.91 Å². The number of methoxy groups -OCH3 is 1. The summed E-state index contributed by atoms with van der Waals surface area (Å²) in [6.07, 6.45) is 0.536. The largest absolute Gasteiger partial charge is 0.467 e. The van der Waals surface area contributed by atoms with Crippen molar-refractivity contribution in [1.29, 1.82) is 0 Å². The van der Waals surface area contributed by atoms with Gasteiger partial charge in [0, 0.05) is 5.41 Å². The fraction of sp³-hybridized carbons (Fsp3) is 0.800. The SMILES string of the molecule is CCC(NC(=O)C(C)(C)C)C(=O)OC. The zero-order chi connectivity index (χ0) is 11.4. The first-order valence-corrected chi connectivity index (χ1v) is 4.71. The van der Waals surface area contributed by atoms with Gasteiger partial charge in [-0.3, -0.25) is 4.79 Å². The van der Waals surface area contributed by atoms with Gasteiger partial charge in [-0.15, -0.1) is 0 Å². The molecule has 0 radical (unpaired) electrons. The van der Waals surface area contributed by atoms with Crippen LogP contribution >= 0.6 is 0 Å². The van der Waals surface area contributed by atoms with Crippen LogP contribution in [-0.4, -0.2) is 25.0 Å². The first-order chi connectivity index (χ1) is 6.32. The summed E-state index contributed by atoms with van der Waals surface area (Å²) in [7, 11) is 1.31. The average molecular weight is 201 g/mol. The summed E-state index contributed by atoms with van der Waals surface area (Å²) in [5.74, 6) is -0.542.